The van der Waals surface area contributed by atoms with Gasteiger partial charge in [0.25, 0.3) is 0 Å². The molecule has 2 heterocycles. The van der Waals surface area contributed by atoms with Crippen molar-refractivity contribution in [3.63, 3.8) is 0 Å². The quantitative estimate of drug-likeness (QED) is 0.536. The van der Waals surface area contributed by atoms with Gasteiger partial charge in [-0.15, -0.1) is 0 Å². The third-order valence-electron chi connectivity index (χ3n) is 2.63. The molecule has 2 aliphatic heterocycles. The van der Waals surface area contributed by atoms with Gasteiger partial charge in [-0.3, -0.25) is 0 Å². The molecule has 64 valence electrons. The minimum absolute atomic E-state index is 0.394. The number of hydrogen-bond donors (Lipinski definition) is 0. The molecule has 2 rings (SSSR count). The molecule has 3 atom stereocenters. The summed E-state index contributed by atoms with van der Waals surface area (Å²) in [5.74, 6) is -0.503. The summed E-state index contributed by atoms with van der Waals surface area (Å²) in [7, 11) is 0. The highest BCUT2D eigenvalue weighted by Gasteiger charge is 2.53. The summed E-state index contributed by atoms with van der Waals surface area (Å²) in [6.07, 6.45) is 0.370. The molecule has 2 saturated heterocycles. The number of hydrogen-bond acceptors (Lipinski definition) is 2. The maximum atomic E-state index is 13.2. The maximum Gasteiger partial charge on any atom is 0.166 e. The molecule has 2 bridgehead atoms. The second kappa shape index (κ2) is 1.96. The monoisotopic (exact) mass is 160 g/mol. The van der Waals surface area contributed by atoms with Gasteiger partial charge in [-0.1, -0.05) is 0 Å². The average Bonchev–Trinajstić information content (AvgIpc) is 2.20. The van der Waals surface area contributed by atoms with Gasteiger partial charge >= 0.3 is 0 Å². The molecule has 2 nitrogen and oxygen atoms in total. The van der Waals surface area contributed by atoms with Crippen molar-refractivity contribution < 1.29 is 13.9 Å². The molecule has 0 aromatic carbocycles. The Labute approximate surface area is 65.7 Å². The van der Waals surface area contributed by atoms with Crippen molar-refractivity contribution in [1.29, 1.82) is 0 Å². The van der Waals surface area contributed by atoms with E-state index in [0.717, 1.165) is 0 Å². The second-order valence-electron chi connectivity index (χ2n) is 3.84. The van der Waals surface area contributed by atoms with E-state index in [1.165, 1.54) is 0 Å². The number of fused-ring (bicyclic) bond motifs is 2. The van der Waals surface area contributed by atoms with Crippen molar-refractivity contribution in [2.24, 2.45) is 0 Å². The summed E-state index contributed by atoms with van der Waals surface area (Å²) in [5, 5.41) is 0. The van der Waals surface area contributed by atoms with Crippen molar-refractivity contribution in [1.82, 2.24) is 0 Å². The van der Waals surface area contributed by atoms with Gasteiger partial charge < -0.3 is 9.47 Å². The Balaban J connectivity index is 2.23. The minimum atomic E-state index is -0.863. The van der Waals surface area contributed by atoms with Crippen LogP contribution in [-0.4, -0.2) is 24.2 Å². The third kappa shape index (κ3) is 0.983. The molecule has 0 radical (unpaired) electrons. The van der Waals surface area contributed by atoms with E-state index in [1.807, 2.05) is 6.92 Å². The molecule has 11 heavy (non-hydrogen) atoms. The molecule has 0 aliphatic carbocycles. The van der Waals surface area contributed by atoms with Gasteiger partial charge in [0.15, 0.2) is 5.79 Å². The van der Waals surface area contributed by atoms with Crippen LogP contribution in [0.1, 0.15) is 26.7 Å². The first-order valence-corrected chi connectivity index (χ1v) is 4.02. The lowest BCUT2D eigenvalue weighted by Gasteiger charge is -2.35. The van der Waals surface area contributed by atoms with Crippen LogP contribution in [0.3, 0.4) is 0 Å². The molecule has 0 N–H and O–H groups in total. The lowest BCUT2D eigenvalue weighted by Crippen LogP contribution is -2.45. The van der Waals surface area contributed by atoms with Crippen molar-refractivity contribution >= 4 is 0 Å². The Kier molecular flexibility index (Phi) is 1.33. The zero-order valence-electron chi connectivity index (χ0n) is 6.89. The maximum absolute atomic E-state index is 13.2. The Bertz CT molecular complexity index is 181. The molecular weight excluding hydrogens is 147 g/mol. The first-order valence-electron chi connectivity index (χ1n) is 4.02. The van der Waals surface area contributed by atoms with Gasteiger partial charge in [-0.05, 0) is 20.3 Å². The molecule has 3 heteroatoms. The van der Waals surface area contributed by atoms with Crippen LogP contribution < -0.4 is 0 Å². The lowest BCUT2D eigenvalue weighted by molar-refractivity contribution is -0.213. The molecule has 2 fully saturated rings. The van der Waals surface area contributed by atoms with E-state index in [1.54, 1.807) is 6.92 Å². The van der Waals surface area contributed by atoms with Crippen LogP contribution in [0.5, 0.6) is 0 Å². The predicted octanol–water partition coefficient (Wildman–Crippen LogP) is 1.64. The third-order valence-corrected chi connectivity index (χ3v) is 2.63. The molecule has 0 saturated carbocycles. The highest BCUT2D eigenvalue weighted by atomic mass is 19.1. The predicted molar refractivity (Wildman–Crippen MR) is 38.0 cm³/mol. The Morgan fingerprint density at radius 1 is 1.45 bits per heavy atom. The van der Waals surface area contributed by atoms with Crippen LogP contribution in [0.2, 0.25) is 0 Å². The summed E-state index contributed by atoms with van der Waals surface area (Å²) in [5.41, 5.74) is -0.674. The van der Waals surface area contributed by atoms with E-state index in [9.17, 15) is 4.39 Å². The van der Waals surface area contributed by atoms with E-state index in [-0.39, 0.29) is 0 Å². The Morgan fingerprint density at radius 3 is 2.82 bits per heavy atom. The first kappa shape index (κ1) is 7.50. The van der Waals surface area contributed by atoms with Crippen LogP contribution in [0, 0.1) is 0 Å². The smallest absolute Gasteiger partial charge is 0.166 e. The van der Waals surface area contributed by atoms with Gasteiger partial charge in [0.2, 0.25) is 0 Å². The average molecular weight is 160 g/mol. The molecule has 0 spiro atoms. The number of alkyl halides is 1. The normalized spacial score (nSPS) is 56.5. The van der Waals surface area contributed by atoms with Gasteiger partial charge in [0.05, 0.1) is 6.61 Å². The highest BCUT2D eigenvalue weighted by molar-refractivity contribution is 4.96. The van der Waals surface area contributed by atoms with E-state index >= 15 is 0 Å². The van der Waals surface area contributed by atoms with Crippen molar-refractivity contribution in [2.75, 3.05) is 6.61 Å². The number of ether oxygens (including phenoxy) is 2. The van der Waals surface area contributed by atoms with E-state index in [0.29, 0.717) is 19.4 Å². The summed E-state index contributed by atoms with van der Waals surface area (Å²) in [4.78, 5) is 0. The number of rotatable bonds is 0. The van der Waals surface area contributed by atoms with Crippen molar-refractivity contribution in [3.05, 3.63) is 0 Å². The summed E-state index contributed by atoms with van der Waals surface area (Å²) in [6.45, 7) is 4.05. The van der Waals surface area contributed by atoms with Crippen molar-refractivity contribution in [3.8, 4) is 0 Å². The van der Waals surface area contributed by atoms with Crippen LogP contribution in [0.25, 0.3) is 0 Å². The van der Waals surface area contributed by atoms with Crippen LogP contribution in [0.15, 0.2) is 0 Å². The minimum Gasteiger partial charge on any atom is -0.347 e. The molecule has 0 amide bonds. The topological polar surface area (TPSA) is 18.5 Å². The van der Waals surface area contributed by atoms with Crippen molar-refractivity contribution in [2.45, 2.75) is 44.2 Å². The van der Waals surface area contributed by atoms with E-state index in [4.69, 9.17) is 9.47 Å². The fraction of sp³-hybridized carbons (Fsp3) is 1.00. The van der Waals surface area contributed by atoms with Crippen LogP contribution in [0.4, 0.5) is 4.39 Å². The van der Waals surface area contributed by atoms with Crippen LogP contribution >= 0.6 is 0 Å². The molecule has 0 aromatic heterocycles. The van der Waals surface area contributed by atoms with E-state index < -0.39 is 17.6 Å². The second-order valence-corrected chi connectivity index (χ2v) is 3.84. The van der Waals surface area contributed by atoms with Crippen LogP contribution in [-0.2, 0) is 9.47 Å². The highest BCUT2D eigenvalue weighted by Crippen LogP contribution is 2.43. The van der Waals surface area contributed by atoms with Gasteiger partial charge in [0, 0.05) is 6.42 Å². The largest absolute Gasteiger partial charge is 0.347 e. The fourth-order valence-electron chi connectivity index (χ4n) is 1.82. The Hall–Kier alpha value is -0.150. The SMILES string of the molecule is C[C@@]12CC[C@H](F)[C@@](C)(CO1)O2. The first-order chi connectivity index (χ1) is 5.04. The molecule has 0 unspecified atom stereocenters. The zero-order valence-corrected chi connectivity index (χ0v) is 6.89. The van der Waals surface area contributed by atoms with Gasteiger partial charge in [0.1, 0.15) is 11.8 Å². The fourth-order valence-corrected chi connectivity index (χ4v) is 1.82. The zero-order chi connectivity index (χ0) is 8.11. The standard InChI is InChI=1S/C8H13FO2/c1-7-5-10-8(2,11-7)4-3-6(7)9/h6H,3-5H2,1-2H3/t6-,7+,8+/m0/s1. The van der Waals surface area contributed by atoms with E-state index in [2.05, 4.69) is 0 Å². The van der Waals surface area contributed by atoms with Gasteiger partial charge in [-0.2, -0.15) is 0 Å². The molecule has 2 aliphatic rings. The molecule has 0 aromatic rings. The summed E-state index contributed by atoms with van der Waals surface area (Å²) >= 11 is 0. The summed E-state index contributed by atoms with van der Waals surface area (Å²) in [6, 6.07) is 0. The lowest BCUT2D eigenvalue weighted by atomic mass is 9.93. The summed E-state index contributed by atoms with van der Waals surface area (Å²) < 4.78 is 24.1. The molecular formula is C8H13FO2. The Morgan fingerprint density at radius 2 is 2.18 bits per heavy atom. The van der Waals surface area contributed by atoms with Gasteiger partial charge in [-0.25, -0.2) is 4.39 Å². The number of halogens is 1.